The van der Waals surface area contributed by atoms with Crippen molar-refractivity contribution in [2.75, 3.05) is 0 Å². The van der Waals surface area contributed by atoms with Gasteiger partial charge in [-0.3, -0.25) is 0 Å². The van der Waals surface area contributed by atoms with Gasteiger partial charge >= 0.3 is 0 Å². The highest BCUT2D eigenvalue weighted by molar-refractivity contribution is 5.65. The van der Waals surface area contributed by atoms with Gasteiger partial charge in [0.15, 0.2) is 0 Å². The van der Waals surface area contributed by atoms with E-state index in [1.165, 1.54) is 30.4 Å². The van der Waals surface area contributed by atoms with Crippen LogP contribution in [0, 0.1) is 17.8 Å². The molecule has 0 nitrogen and oxygen atoms in total. The van der Waals surface area contributed by atoms with Gasteiger partial charge in [0.25, 0.3) is 0 Å². The van der Waals surface area contributed by atoms with Gasteiger partial charge < -0.3 is 0 Å². The molecule has 0 aliphatic heterocycles. The van der Waals surface area contributed by atoms with Crippen molar-refractivity contribution in [3.05, 3.63) is 75.4 Å². The first-order valence-corrected chi connectivity index (χ1v) is 13.9. The van der Waals surface area contributed by atoms with Gasteiger partial charge in [-0.05, 0) is 85.6 Å². The maximum Gasteiger partial charge on any atom is 0.0152 e. The summed E-state index contributed by atoms with van der Waals surface area (Å²) in [6, 6.07) is 6.88. The fraction of sp³-hybridized carbons (Fsp3) is 0.588. The zero-order valence-electron chi connectivity index (χ0n) is 24.6. The Bertz CT molecular complexity index is 896. The average Bonchev–Trinajstić information content (AvgIpc) is 2.79. The molecule has 0 N–H and O–H groups in total. The maximum absolute atomic E-state index is 2.43. The summed E-state index contributed by atoms with van der Waals surface area (Å²) in [5.74, 6) is 2.16. The van der Waals surface area contributed by atoms with E-state index in [4.69, 9.17) is 0 Å². The van der Waals surface area contributed by atoms with Gasteiger partial charge in [-0.1, -0.05) is 122 Å². The lowest BCUT2D eigenvalue weighted by Crippen LogP contribution is -2.33. The minimum Gasteiger partial charge on any atom is -0.0877 e. The van der Waals surface area contributed by atoms with Crippen molar-refractivity contribution in [2.24, 2.45) is 17.8 Å². The van der Waals surface area contributed by atoms with Crippen LogP contribution in [0.5, 0.6) is 0 Å². The molecule has 0 saturated heterocycles. The molecule has 0 aromatic heterocycles. The number of hydrogen-bond acceptors (Lipinski definition) is 0. The van der Waals surface area contributed by atoms with Gasteiger partial charge in [-0.25, -0.2) is 0 Å². The number of fused-ring (bicyclic) bond motifs is 1. The second-order valence-electron chi connectivity index (χ2n) is 11.1. The van der Waals surface area contributed by atoms with E-state index in [1.807, 2.05) is 13.8 Å². The minimum atomic E-state index is 0.0757. The SMILES string of the molecule is C/C=C\c1cccc2c1CC1=C(C(C)=C(C)CC1CC=CC(C)C)C2(C)C.CC.CCC(C)C. The Morgan fingerprint density at radius 2 is 1.68 bits per heavy atom. The van der Waals surface area contributed by atoms with Gasteiger partial charge in [-0.2, -0.15) is 0 Å². The smallest absolute Gasteiger partial charge is 0.0152 e. The molecule has 190 valence electrons. The highest BCUT2D eigenvalue weighted by Gasteiger charge is 2.40. The summed E-state index contributed by atoms with van der Waals surface area (Å²) >= 11 is 0. The maximum atomic E-state index is 2.43. The fourth-order valence-electron chi connectivity index (χ4n) is 5.20. The van der Waals surface area contributed by atoms with Crippen LogP contribution in [-0.2, 0) is 11.8 Å². The van der Waals surface area contributed by atoms with E-state index in [-0.39, 0.29) is 5.41 Å². The van der Waals surface area contributed by atoms with Crippen LogP contribution in [0.15, 0.2) is 58.7 Å². The van der Waals surface area contributed by atoms with E-state index in [0.717, 1.165) is 12.3 Å². The molecule has 34 heavy (non-hydrogen) atoms. The molecule has 0 fully saturated rings. The van der Waals surface area contributed by atoms with Crippen molar-refractivity contribution < 1.29 is 0 Å². The lowest BCUT2D eigenvalue weighted by molar-refractivity contribution is 0.510. The third-order valence-corrected chi connectivity index (χ3v) is 7.36. The lowest BCUT2D eigenvalue weighted by atomic mass is 9.60. The third-order valence-electron chi connectivity index (χ3n) is 7.36. The van der Waals surface area contributed by atoms with Crippen LogP contribution >= 0.6 is 0 Å². The molecule has 3 rings (SSSR count). The van der Waals surface area contributed by atoms with Gasteiger partial charge in [0.1, 0.15) is 0 Å². The number of allylic oxidation sites excluding steroid dienone is 7. The molecule has 0 bridgehead atoms. The highest BCUT2D eigenvalue weighted by Crippen LogP contribution is 2.51. The predicted molar refractivity (Wildman–Crippen MR) is 156 cm³/mol. The normalized spacial score (nSPS) is 19.2. The van der Waals surface area contributed by atoms with Crippen molar-refractivity contribution in [3.63, 3.8) is 0 Å². The third kappa shape index (κ3) is 7.34. The molecule has 1 aromatic rings. The van der Waals surface area contributed by atoms with Crippen molar-refractivity contribution in [1.29, 1.82) is 0 Å². The molecule has 1 aromatic carbocycles. The van der Waals surface area contributed by atoms with Crippen LogP contribution in [0.1, 0.15) is 119 Å². The molecule has 0 saturated carbocycles. The zero-order valence-corrected chi connectivity index (χ0v) is 24.6. The molecule has 0 amide bonds. The standard InChI is InChI=1S/C27H36.C5H12.C2H6/c1-8-11-21-13-10-15-25-23(21)17-24-22(14-9-12-18(2)3)16-19(4)20(5)26(24)27(25,6)7;1-4-5(2)3;1-2/h8-13,15,18,22H,14,16-17H2,1-7H3;5H,4H2,1-3H3;1-2H3/b11-8-,12-9?;;. The minimum absolute atomic E-state index is 0.0757. The predicted octanol–water partition coefficient (Wildman–Crippen LogP) is 10.9. The van der Waals surface area contributed by atoms with Crippen molar-refractivity contribution in [1.82, 2.24) is 0 Å². The van der Waals surface area contributed by atoms with E-state index in [1.54, 1.807) is 27.9 Å². The summed E-state index contributed by atoms with van der Waals surface area (Å²) in [7, 11) is 0. The molecule has 2 aliphatic rings. The number of rotatable bonds is 5. The first kappa shape index (κ1) is 30.2. The molecule has 1 atom stereocenters. The summed E-state index contributed by atoms with van der Waals surface area (Å²) in [5.41, 5.74) is 11.0. The van der Waals surface area contributed by atoms with Crippen LogP contribution < -0.4 is 0 Å². The van der Waals surface area contributed by atoms with Gasteiger partial charge in [0, 0.05) is 5.41 Å². The summed E-state index contributed by atoms with van der Waals surface area (Å²) in [6.45, 7) is 26.9. The second kappa shape index (κ2) is 13.9. The Kier molecular flexibility index (Phi) is 12.4. The summed E-state index contributed by atoms with van der Waals surface area (Å²) < 4.78 is 0. The Morgan fingerprint density at radius 3 is 2.21 bits per heavy atom. The first-order chi connectivity index (χ1) is 16.0. The first-order valence-electron chi connectivity index (χ1n) is 13.9. The quantitative estimate of drug-likeness (QED) is 0.382. The van der Waals surface area contributed by atoms with Crippen LogP contribution in [0.25, 0.3) is 6.08 Å². The molecule has 1 unspecified atom stereocenters. The monoisotopic (exact) mass is 462 g/mol. The van der Waals surface area contributed by atoms with E-state index in [2.05, 4.69) is 112 Å². The zero-order chi connectivity index (χ0) is 26.1. The Labute approximate surface area is 213 Å². The van der Waals surface area contributed by atoms with E-state index in [0.29, 0.717) is 11.8 Å². The number of hydrogen-bond donors (Lipinski definition) is 0. The summed E-state index contributed by atoms with van der Waals surface area (Å²) in [4.78, 5) is 0. The molecule has 0 radical (unpaired) electrons. The Hall–Kier alpha value is -1.82. The fourth-order valence-corrected chi connectivity index (χ4v) is 5.20. The average molecular weight is 463 g/mol. The van der Waals surface area contributed by atoms with Crippen molar-refractivity contribution in [2.45, 2.75) is 114 Å². The van der Waals surface area contributed by atoms with Crippen LogP contribution in [-0.4, -0.2) is 0 Å². The highest BCUT2D eigenvalue weighted by atomic mass is 14.4. The van der Waals surface area contributed by atoms with Crippen LogP contribution in [0.4, 0.5) is 0 Å². The van der Waals surface area contributed by atoms with E-state index in [9.17, 15) is 0 Å². The molecule has 0 spiro atoms. The van der Waals surface area contributed by atoms with Crippen LogP contribution in [0.3, 0.4) is 0 Å². The molecule has 0 heterocycles. The Balaban J connectivity index is 0.000000733. The Morgan fingerprint density at radius 1 is 1.06 bits per heavy atom. The molecular formula is C34H54. The summed E-state index contributed by atoms with van der Waals surface area (Å²) in [6.07, 6.45) is 14.0. The van der Waals surface area contributed by atoms with Crippen molar-refractivity contribution in [3.8, 4) is 0 Å². The molecule has 0 heteroatoms. The van der Waals surface area contributed by atoms with Gasteiger partial charge in [-0.15, -0.1) is 0 Å². The molecular weight excluding hydrogens is 408 g/mol. The topological polar surface area (TPSA) is 0 Å². The van der Waals surface area contributed by atoms with Gasteiger partial charge in [0.2, 0.25) is 0 Å². The van der Waals surface area contributed by atoms with E-state index < -0.39 is 0 Å². The largest absolute Gasteiger partial charge is 0.0877 e. The lowest BCUT2D eigenvalue weighted by Gasteiger charge is -2.44. The second-order valence-corrected chi connectivity index (χ2v) is 11.1. The van der Waals surface area contributed by atoms with Crippen LogP contribution in [0.2, 0.25) is 0 Å². The number of benzene rings is 1. The van der Waals surface area contributed by atoms with E-state index >= 15 is 0 Å². The molecule has 2 aliphatic carbocycles. The van der Waals surface area contributed by atoms with Crippen molar-refractivity contribution >= 4 is 6.08 Å². The van der Waals surface area contributed by atoms with Gasteiger partial charge in [0.05, 0.1) is 0 Å². The summed E-state index contributed by atoms with van der Waals surface area (Å²) in [5, 5.41) is 0.